The fraction of sp³-hybridized carbons (Fsp3) is 0.276. The highest BCUT2D eigenvalue weighted by molar-refractivity contribution is 9.10. The van der Waals surface area contributed by atoms with Crippen LogP contribution in [0.2, 0.25) is 0 Å². The van der Waals surface area contributed by atoms with E-state index in [9.17, 15) is 0 Å². The Labute approximate surface area is 221 Å². The lowest BCUT2D eigenvalue weighted by Crippen LogP contribution is -2.48. The molecule has 1 aliphatic heterocycles. The molecule has 1 aromatic heterocycles. The third kappa shape index (κ3) is 5.48. The van der Waals surface area contributed by atoms with Crippen molar-refractivity contribution in [1.82, 2.24) is 30.0 Å². The van der Waals surface area contributed by atoms with Gasteiger partial charge in [-0.15, -0.1) is 5.10 Å². The highest BCUT2D eigenvalue weighted by Crippen LogP contribution is 2.32. The second kappa shape index (κ2) is 11.3. The minimum Gasteiger partial charge on any atom is -0.297 e. The molecule has 0 unspecified atom stereocenters. The van der Waals surface area contributed by atoms with E-state index < -0.39 is 0 Å². The third-order valence-electron chi connectivity index (χ3n) is 6.80. The summed E-state index contributed by atoms with van der Waals surface area (Å²) in [5.74, 6) is 0.850. The van der Waals surface area contributed by atoms with Crippen molar-refractivity contribution >= 4 is 22.0 Å². The SMILES string of the molecule is Cc1cccc(C)c1-n1nnnc1[C@H](c1cccc(Br)c1)N1CCN(CC=Cc2ccccc2)CC1. The molecule has 2 heterocycles. The van der Waals surface area contributed by atoms with Gasteiger partial charge in [-0.1, -0.05) is 88.7 Å². The summed E-state index contributed by atoms with van der Waals surface area (Å²) < 4.78 is 2.99. The summed E-state index contributed by atoms with van der Waals surface area (Å²) in [6.45, 7) is 9.05. The van der Waals surface area contributed by atoms with Gasteiger partial charge < -0.3 is 0 Å². The molecule has 5 rings (SSSR count). The lowest BCUT2D eigenvalue weighted by Gasteiger charge is -2.38. The summed E-state index contributed by atoms with van der Waals surface area (Å²) in [7, 11) is 0. The summed E-state index contributed by atoms with van der Waals surface area (Å²) in [6, 6.07) is 25.2. The van der Waals surface area contributed by atoms with Gasteiger partial charge in [0.1, 0.15) is 0 Å². The van der Waals surface area contributed by atoms with Gasteiger partial charge in [-0.05, 0) is 58.7 Å². The monoisotopic (exact) mass is 542 g/mol. The Kier molecular flexibility index (Phi) is 7.70. The third-order valence-corrected chi connectivity index (χ3v) is 7.29. The Morgan fingerprint density at radius 3 is 2.33 bits per heavy atom. The number of tetrazole rings is 1. The van der Waals surface area contributed by atoms with Crippen LogP contribution in [0.3, 0.4) is 0 Å². The normalized spacial score (nSPS) is 16.0. The maximum atomic E-state index is 4.58. The van der Waals surface area contributed by atoms with Crippen LogP contribution in [0, 0.1) is 13.8 Å². The highest BCUT2D eigenvalue weighted by atomic mass is 79.9. The second-order valence-corrected chi connectivity index (χ2v) is 10.2. The fourth-order valence-corrected chi connectivity index (χ4v) is 5.39. The number of benzene rings is 3. The topological polar surface area (TPSA) is 50.1 Å². The standard InChI is InChI=1S/C29H31BrN6/c1-22-9-6-10-23(2)27(22)36-29(31-32-33-36)28(25-14-7-15-26(30)21-25)35-19-17-34(18-20-35)16-8-13-24-11-4-3-5-12-24/h3-15,21,28H,16-20H2,1-2H3/t28-/m0/s1. The molecule has 1 atom stereocenters. The Morgan fingerprint density at radius 1 is 0.889 bits per heavy atom. The zero-order valence-corrected chi connectivity index (χ0v) is 22.3. The van der Waals surface area contributed by atoms with E-state index in [0.29, 0.717) is 0 Å². The van der Waals surface area contributed by atoms with Crippen molar-refractivity contribution in [2.45, 2.75) is 19.9 Å². The first-order valence-corrected chi connectivity index (χ1v) is 13.2. The zero-order valence-electron chi connectivity index (χ0n) is 20.8. The first-order chi connectivity index (χ1) is 17.6. The van der Waals surface area contributed by atoms with Crippen molar-refractivity contribution in [3.05, 3.63) is 111 Å². The van der Waals surface area contributed by atoms with Crippen LogP contribution in [-0.4, -0.2) is 62.7 Å². The van der Waals surface area contributed by atoms with E-state index in [4.69, 9.17) is 0 Å². The first kappa shape index (κ1) is 24.6. The summed E-state index contributed by atoms with van der Waals surface area (Å²) in [6.07, 6.45) is 4.47. The van der Waals surface area contributed by atoms with E-state index >= 15 is 0 Å². The number of para-hydroxylation sites is 1. The average molecular weight is 544 g/mol. The van der Waals surface area contributed by atoms with Gasteiger partial charge in [-0.3, -0.25) is 9.80 Å². The molecule has 1 saturated heterocycles. The molecular weight excluding hydrogens is 512 g/mol. The molecule has 0 amide bonds. The predicted molar refractivity (Wildman–Crippen MR) is 148 cm³/mol. The van der Waals surface area contributed by atoms with Gasteiger partial charge in [0.15, 0.2) is 5.82 Å². The molecular formula is C29H31BrN6. The molecule has 0 saturated carbocycles. The molecule has 0 aliphatic carbocycles. The predicted octanol–water partition coefficient (Wildman–Crippen LogP) is 5.46. The molecule has 1 fully saturated rings. The molecule has 1 aliphatic rings. The van der Waals surface area contributed by atoms with Crippen molar-refractivity contribution < 1.29 is 0 Å². The Bertz CT molecular complexity index is 1300. The van der Waals surface area contributed by atoms with Crippen molar-refractivity contribution in [2.24, 2.45) is 0 Å². The number of rotatable bonds is 7. The van der Waals surface area contributed by atoms with E-state index in [0.717, 1.165) is 59.8 Å². The highest BCUT2D eigenvalue weighted by Gasteiger charge is 2.31. The van der Waals surface area contributed by atoms with Gasteiger partial charge in [0, 0.05) is 37.2 Å². The van der Waals surface area contributed by atoms with E-state index in [1.165, 1.54) is 11.1 Å². The molecule has 3 aromatic carbocycles. The van der Waals surface area contributed by atoms with E-state index in [2.05, 4.69) is 140 Å². The van der Waals surface area contributed by atoms with Crippen LogP contribution in [0.5, 0.6) is 0 Å². The average Bonchev–Trinajstić information content (AvgIpc) is 3.34. The lowest BCUT2D eigenvalue weighted by molar-refractivity contribution is 0.113. The number of hydrogen-bond acceptors (Lipinski definition) is 5. The van der Waals surface area contributed by atoms with E-state index in [1.54, 1.807) is 0 Å². The van der Waals surface area contributed by atoms with Crippen molar-refractivity contribution in [1.29, 1.82) is 0 Å². The summed E-state index contributed by atoms with van der Waals surface area (Å²) in [5, 5.41) is 13.2. The summed E-state index contributed by atoms with van der Waals surface area (Å²) in [5.41, 5.74) is 5.80. The number of aryl methyl sites for hydroxylation is 2. The molecule has 4 aromatic rings. The van der Waals surface area contributed by atoms with Crippen LogP contribution < -0.4 is 0 Å². The fourth-order valence-electron chi connectivity index (χ4n) is 4.97. The number of halogens is 1. The van der Waals surface area contributed by atoms with Gasteiger partial charge in [0.25, 0.3) is 0 Å². The maximum Gasteiger partial charge on any atom is 0.178 e. The molecule has 7 heteroatoms. The Hall–Kier alpha value is -3.13. The number of hydrogen-bond donors (Lipinski definition) is 0. The zero-order chi connectivity index (χ0) is 24.9. The smallest absolute Gasteiger partial charge is 0.178 e. The van der Waals surface area contributed by atoms with Crippen LogP contribution in [0.25, 0.3) is 11.8 Å². The number of aromatic nitrogens is 4. The van der Waals surface area contributed by atoms with Crippen molar-refractivity contribution in [3.8, 4) is 5.69 Å². The lowest BCUT2D eigenvalue weighted by atomic mass is 10.0. The number of piperazine rings is 1. The Balaban J connectivity index is 1.39. The molecule has 0 spiro atoms. The molecule has 0 radical (unpaired) electrons. The van der Waals surface area contributed by atoms with Crippen LogP contribution in [0.15, 0.2) is 83.3 Å². The van der Waals surface area contributed by atoms with Crippen LogP contribution in [-0.2, 0) is 0 Å². The van der Waals surface area contributed by atoms with Crippen molar-refractivity contribution in [3.63, 3.8) is 0 Å². The number of nitrogens with zero attached hydrogens (tertiary/aromatic N) is 6. The van der Waals surface area contributed by atoms with Crippen LogP contribution in [0.4, 0.5) is 0 Å². The van der Waals surface area contributed by atoms with Crippen LogP contribution >= 0.6 is 15.9 Å². The maximum absolute atomic E-state index is 4.58. The van der Waals surface area contributed by atoms with Crippen molar-refractivity contribution in [2.75, 3.05) is 32.7 Å². The molecule has 0 bridgehead atoms. The minimum absolute atomic E-state index is 0.0430. The summed E-state index contributed by atoms with van der Waals surface area (Å²) in [4.78, 5) is 5.01. The largest absolute Gasteiger partial charge is 0.297 e. The summed E-state index contributed by atoms with van der Waals surface area (Å²) >= 11 is 3.67. The van der Waals surface area contributed by atoms with Gasteiger partial charge in [0.2, 0.25) is 0 Å². The van der Waals surface area contributed by atoms with E-state index in [1.807, 2.05) is 4.68 Å². The van der Waals surface area contributed by atoms with Gasteiger partial charge >= 0.3 is 0 Å². The Morgan fingerprint density at radius 2 is 1.61 bits per heavy atom. The van der Waals surface area contributed by atoms with E-state index in [-0.39, 0.29) is 6.04 Å². The van der Waals surface area contributed by atoms with Crippen LogP contribution in [0.1, 0.15) is 34.1 Å². The second-order valence-electron chi connectivity index (χ2n) is 9.30. The van der Waals surface area contributed by atoms with Gasteiger partial charge in [-0.2, -0.15) is 4.68 Å². The quantitative estimate of drug-likeness (QED) is 0.310. The minimum atomic E-state index is -0.0430. The van der Waals surface area contributed by atoms with Gasteiger partial charge in [0.05, 0.1) is 11.7 Å². The molecule has 0 N–H and O–H groups in total. The first-order valence-electron chi connectivity index (χ1n) is 12.4. The molecule has 36 heavy (non-hydrogen) atoms. The molecule has 6 nitrogen and oxygen atoms in total. The van der Waals surface area contributed by atoms with Gasteiger partial charge in [-0.25, -0.2) is 0 Å². The molecule has 184 valence electrons.